The SMILES string of the molecule is Cc1c(C(=O)Nc2cccc(CO)c2)oc2c(Cl)cccc12. The molecule has 1 aromatic heterocycles. The van der Waals surface area contributed by atoms with Crippen LogP contribution in [0.4, 0.5) is 5.69 Å². The molecule has 0 fully saturated rings. The van der Waals surface area contributed by atoms with Crippen LogP contribution in [-0.4, -0.2) is 11.0 Å². The van der Waals surface area contributed by atoms with Crippen molar-refractivity contribution in [1.82, 2.24) is 0 Å². The van der Waals surface area contributed by atoms with Gasteiger partial charge in [0.2, 0.25) is 0 Å². The van der Waals surface area contributed by atoms with E-state index in [1.165, 1.54) is 0 Å². The lowest BCUT2D eigenvalue weighted by atomic mass is 10.1. The number of halogens is 1. The minimum atomic E-state index is -0.347. The molecule has 0 bridgehead atoms. The maximum atomic E-state index is 12.4. The summed E-state index contributed by atoms with van der Waals surface area (Å²) in [6, 6.07) is 12.4. The van der Waals surface area contributed by atoms with E-state index < -0.39 is 0 Å². The summed E-state index contributed by atoms with van der Waals surface area (Å²) in [4.78, 5) is 12.4. The van der Waals surface area contributed by atoms with Crippen molar-refractivity contribution in [2.45, 2.75) is 13.5 Å². The van der Waals surface area contributed by atoms with Gasteiger partial charge in [0.25, 0.3) is 5.91 Å². The molecule has 0 aliphatic rings. The summed E-state index contributed by atoms with van der Waals surface area (Å²) < 4.78 is 5.63. The van der Waals surface area contributed by atoms with E-state index in [-0.39, 0.29) is 18.3 Å². The van der Waals surface area contributed by atoms with Crippen LogP contribution in [0.5, 0.6) is 0 Å². The van der Waals surface area contributed by atoms with Crippen LogP contribution in [0.15, 0.2) is 46.9 Å². The topological polar surface area (TPSA) is 62.5 Å². The van der Waals surface area contributed by atoms with Crippen molar-refractivity contribution in [3.8, 4) is 0 Å². The highest BCUT2D eigenvalue weighted by atomic mass is 35.5. The van der Waals surface area contributed by atoms with Gasteiger partial charge in [-0.3, -0.25) is 4.79 Å². The number of amides is 1. The molecule has 0 saturated heterocycles. The van der Waals surface area contributed by atoms with Gasteiger partial charge in [-0.1, -0.05) is 35.9 Å². The molecular formula is C17H14ClNO3. The molecule has 0 aliphatic carbocycles. The van der Waals surface area contributed by atoms with Crippen LogP contribution in [-0.2, 0) is 6.61 Å². The summed E-state index contributed by atoms with van der Waals surface area (Å²) in [7, 11) is 0. The molecule has 0 atom stereocenters. The summed E-state index contributed by atoms with van der Waals surface area (Å²) in [6.45, 7) is 1.74. The number of aliphatic hydroxyl groups excluding tert-OH is 1. The van der Waals surface area contributed by atoms with Crippen molar-refractivity contribution in [3.63, 3.8) is 0 Å². The molecule has 2 N–H and O–H groups in total. The fraction of sp³-hybridized carbons (Fsp3) is 0.118. The van der Waals surface area contributed by atoms with Gasteiger partial charge in [0.15, 0.2) is 11.3 Å². The van der Waals surface area contributed by atoms with Crippen LogP contribution >= 0.6 is 11.6 Å². The molecule has 4 nitrogen and oxygen atoms in total. The maximum Gasteiger partial charge on any atom is 0.291 e. The number of carbonyl (C=O) groups excluding carboxylic acids is 1. The second kappa shape index (κ2) is 5.83. The molecule has 3 aromatic rings. The monoisotopic (exact) mass is 315 g/mol. The normalized spacial score (nSPS) is 10.9. The average molecular weight is 316 g/mol. The molecule has 22 heavy (non-hydrogen) atoms. The summed E-state index contributed by atoms with van der Waals surface area (Å²) in [5, 5.41) is 13.2. The minimum Gasteiger partial charge on any atom is -0.449 e. The summed E-state index contributed by atoms with van der Waals surface area (Å²) in [5.41, 5.74) is 2.58. The zero-order valence-electron chi connectivity index (χ0n) is 11.9. The molecular weight excluding hydrogens is 302 g/mol. The Morgan fingerprint density at radius 1 is 1.27 bits per heavy atom. The number of para-hydroxylation sites is 1. The number of aryl methyl sites for hydroxylation is 1. The molecule has 1 heterocycles. The lowest BCUT2D eigenvalue weighted by molar-refractivity contribution is 0.0998. The highest BCUT2D eigenvalue weighted by molar-refractivity contribution is 6.35. The van der Waals surface area contributed by atoms with E-state index in [1.807, 2.05) is 19.1 Å². The first-order valence-corrected chi connectivity index (χ1v) is 7.16. The predicted octanol–water partition coefficient (Wildman–Crippen LogP) is 4.14. The highest BCUT2D eigenvalue weighted by Gasteiger charge is 2.19. The number of fused-ring (bicyclic) bond motifs is 1. The summed E-state index contributed by atoms with van der Waals surface area (Å²) in [6.07, 6.45) is 0. The zero-order chi connectivity index (χ0) is 15.7. The van der Waals surface area contributed by atoms with Crippen LogP contribution in [0.2, 0.25) is 5.02 Å². The van der Waals surface area contributed by atoms with Gasteiger partial charge in [0, 0.05) is 16.6 Å². The van der Waals surface area contributed by atoms with E-state index in [2.05, 4.69) is 5.32 Å². The standard InChI is InChI=1S/C17H14ClNO3/c1-10-13-6-3-7-14(18)16(13)22-15(10)17(21)19-12-5-2-4-11(8-12)9-20/h2-8,20H,9H2,1H3,(H,19,21). The number of hydrogen-bond donors (Lipinski definition) is 2. The number of furan rings is 1. The van der Waals surface area contributed by atoms with E-state index in [4.69, 9.17) is 21.1 Å². The average Bonchev–Trinajstić information content (AvgIpc) is 2.86. The zero-order valence-corrected chi connectivity index (χ0v) is 12.6. The summed E-state index contributed by atoms with van der Waals surface area (Å²) >= 11 is 6.09. The molecule has 0 saturated carbocycles. The lowest BCUT2D eigenvalue weighted by Crippen LogP contribution is -2.12. The maximum absolute atomic E-state index is 12.4. The molecule has 5 heteroatoms. The Morgan fingerprint density at radius 2 is 2.05 bits per heavy atom. The minimum absolute atomic E-state index is 0.0804. The smallest absolute Gasteiger partial charge is 0.291 e. The number of carbonyl (C=O) groups is 1. The van der Waals surface area contributed by atoms with Crippen LogP contribution < -0.4 is 5.32 Å². The Bertz CT molecular complexity index is 854. The first-order valence-electron chi connectivity index (χ1n) is 6.79. The molecule has 112 valence electrons. The van der Waals surface area contributed by atoms with Gasteiger partial charge >= 0.3 is 0 Å². The second-order valence-electron chi connectivity index (χ2n) is 4.99. The van der Waals surface area contributed by atoms with E-state index in [9.17, 15) is 4.79 Å². The van der Waals surface area contributed by atoms with Gasteiger partial charge in [-0.2, -0.15) is 0 Å². The van der Waals surface area contributed by atoms with Gasteiger partial charge in [-0.25, -0.2) is 0 Å². The largest absolute Gasteiger partial charge is 0.449 e. The van der Waals surface area contributed by atoms with Gasteiger partial charge < -0.3 is 14.8 Å². The third-order valence-electron chi connectivity index (χ3n) is 3.49. The number of anilines is 1. The van der Waals surface area contributed by atoms with Crippen molar-refractivity contribution >= 4 is 34.2 Å². The molecule has 2 aromatic carbocycles. The quantitative estimate of drug-likeness (QED) is 0.763. The third-order valence-corrected chi connectivity index (χ3v) is 3.79. The van der Waals surface area contributed by atoms with Crippen LogP contribution in [0.25, 0.3) is 11.0 Å². The fourth-order valence-electron chi connectivity index (χ4n) is 2.36. The molecule has 0 radical (unpaired) electrons. The van der Waals surface area contributed by atoms with E-state index >= 15 is 0 Å². The van der Waals surface area contributed by atoms with Gasteiger partial charge in [-0.05, 0) is 30.7 Å². The molecule has 0 aliphatic heterocycles. The van der Waals surface area contributed by atoms with Crippen LogP contribution in [0, 0.1) is 6.92 Å². The highest BCUT2D eigenvalue weighted by Crippen LogP contribution is 2.31. The number of rotatable bonds is 3. The lowest BCUT2D eigenvalue weighted by Gasteiger charge is -2.05. The first kappa shape index (κ1) is 14.6. The summed E-state index contributed by atoms with van der Waals surface area (Å²) in [5.74, 6) is -0.114. The van der Waals surface area contributed by atoms with Gasteiger partial charge in [-0.15, -0.1) is 0 Å². The fourth-order valence-corrected chi connectivity index (χ4v) is 2.57. The van der Waals surface area contributed by atoms with Gasteiger partial charge in [0.05, 0.1) is 11.6 Å². The van der Waals surface area contributed by atoms with Crippen molar-refractivity contribution in [2.75, 3.05) is 5.32 Å². The van der Waals surface area contributed by atoms with Crippen molar-refractivity contribution < 1.29 is 14.3 Å². The number of aliphatic hydroxyl groups is 1. The Hall–Kier alpha value is -2.30. The van der Waals surface area contributed by atoms with Crippen LogP contribution in [0.3, 0.4) is 0 Å². The van der Waals surface area contributed by atoms with Crippen molar-refractivity contribution in [3.05, 3.63) is 64.4 Å². The molecule has 3 rings (SSSR count). The van der Waals surface area contributed by atoms with Crippen molar-refractivity contribution in [1.29, 1.82) is 0 Å². The van der Waals surface area contributed by atoms with Crippen molar-refractivity contribution in [2.24, 2.45) is 0 Å². The Balaban J connectivity index is 1.95. The third kappa shape index (κ3) is 2.58. The Kier molecular flexibility index (Phi) is 3.88. The molecule has 0 unspecified atom stereocenters. The number of benzene rings is 2. The van der Waals surface area contributed by atoms with Gasteiger partial charge in [0.1, 0.15) is 0 Å². The first-order chi connectivity index (χ1) is 10.6. The molecule has 0 spiro atoms. The predicted molar refractivity (Wildman–Crippen MR) is 86.3 cm³/mol. The van der Waals surface area contributed by atoms with E-state index in [0.717, 1.165) is 16.5 Å². The van der Waals surface area contributed by atoms with Crippen LogP contribution in [0.1, 0.15) is 21.7 Å². The Morgan fingerprint density at radius 3 is 2.77 bits per heavy atom. The number of nitrogens with one attached hydrogen (secondary N) is 1. The number of hydrogen-bond acceptors (Lipinski definition) is 3. The van der Waals surface area contributed by atoms with E-state index in [0.29, 0.717) is 16.3 Å². The molecule has 1 amide bonds. The second-order valence-corrected chi connectivity index (χ2v) is 5.39. The van der Waals surface area contributed by atoms with E-state index in [1.54, 1.807) is 30.3 Å². The Labute approximate surface area is 132 Å².